The van der Waals surface area contributed by atoms with Gasteiger partial charge >= 0.3 is 6.61 Å². The van der Waals surface area contributed by atoms with Gasteiger partial charge < -0.3 is 9.64 Å². The predicted octanol–water partition coefficient (Wildman–Crippen LogP) is 2.15. The van der Waals surface area contributed by atoms with Crippen LogP contribution in [0.1, 0.15) is 17.5 Å². The molecule has 0 N–H and O–H groups in total. The first kappa shape index (κ1) is 17.3. The summed E-state index contributed by atoms with van der Waals surface area (Å²) in [4.78, 5) is 2.49. The van der Waals surface area contributed by atoms with Gasteiger partial charge in [0.2, 0.25) is 10.0 Å². The number of ether oxygens (including phenoxy) is 1. The van der Waals surface area contributed by atoms with Crippen LogP contribution in [0.2, 0.25) is 0 Å². The van der Waals surface area contributed by atoms with Crippen molar-refractivity contribution in [3.8, 4) is 5.75 Å². The van der Waals surface area contributed by atoms with Crippen LogP contribution in [0.15, 0.2) is 23.1 Å². The summed E-state index contributed by atoms with van der Waals surface area (Å²) in [7, 11) is -1.49. The Morgan fingerprint density at radius 3 is 2.50 bits per heavy atom. The van der Waals surface area contributed by atoms with Crippen LogP contribution in [0.25, 0.3) is 6.08 Å². The Kier molecular flexibility index (Phi) is 4.89. The Morgan fingerprint density at radius 1 is 1.12 bits per heavy atom. The van der Waals surface area contributed by atoms with Crippen molar-refractivity contribution in [2.45, 2.75) is 19.5 Å². The fourth-order valence-electron chi connectivity index (χ4n) is 3.02. The molecule has 0 spiro atoms. The topological polar surface area (TPSA) is 49.9 Å². The monoisotopic (exact) mass is 358 g/mol. The summed E-state index contributed by atoms with van der Waals surface area (Å²) in [5.74, 6) is 0.0996. The summed E-state index contributed by atoms with van der Waals surface area (Å²) >= 11 is 0. The van der Waals surface area contributed by atoms with Crippen molar-refractivity contribution in [2.24, 2.45) is 0 Å². The molecule has 0 bridgehead atoms. The summed E-state index contributed by atoms with van der Waals surface area (Å²) in [5, 5.41) is 0. The average molecular weight is 358 g/mol. The first-order chi connectivity index (χ1) is 11.4. The summed E-state index contributed by atoms with van der Waals surface area (Å²) in [6.07, 6.45) is 2.52. The van der Waals surface area contributed by atoms with E-state index in [0.717, 1.165) is 24.2 Å². The second-order valence-electron chi connectivity index (χ2n) is 6.06. The zero-order valence-corrected chi connectivity index (χ0v) is 14.2. The Hall–Kier alpha value is -1.51. The zero-order chi connectivity index (χ0) is 17.3. The fraction of sp³-hybridized carbons (Fsp3) is 0.500. The molecule has 1 aromatic rings. The Bertz CT molecular complexity index is 742. The van der Waals surface area contributed by atoms with E-state index < -0.39 is 16.6 Å². The second-order valence-corrected chi connectivity index (χ2v) is 8.05. The van der Waals surface area contributed by atoms with E-state index in [1.807, 2.05) is 7.05 Å². The van der Waals surface area contributed by atoms with Crippen molar-refractivity contribution < 1.29 is 21.9 Å². The molecule has 0 radical (unpaired) electrons. The maximum Gasteiger partial charge on any atom is 0.387 e. The van der Waals surface area contributed by atoms with Crippen LogP contribution in [0, 0.1) is 0 Å². The van der Waals surface area contributed by atoms with Crippen LogP contribution in [0.5, 0.6) is 5.75 Å². The van der Waals surface area contributed by atoms with Crippen molar-refractivity contribution in [1.82, 2.24) is 9.21 Å². The van der Waals surface area contributed by atoms with E-state index in [1.54, 1.807) is 18.2 Å². The number of halogens is 2. The molecule has 1 fully saturated rings. The van der Waals surface area contributed by atoms with Gasteiger partial charge in [0, 0.05) is 26.2 Å². The van der Waals surface area contributed by atoms with E-state index >= 15 is 0 Å². The summed E-state index contributed by atoms with van der Waals surface area (Å²) in [6.45, 7) is -0.446. The lowest BCUT2D eigenvalue weighted by atomic mass is 9.97. The molecule has 0 atom stereocenters. The van der Waals surface area contributed by atoms with Crippen molar-refractivity contribution in [1.29, 1.82) is 0 Å². The van der Waals surface area contributed by atoms with Crippen LogP contribution in [0.4, 0.5) is 8.78 Å². The molecule has 0 unspecified atom stereocenters. The number of benzene rings is 1. The molecule has 2 aliphatic rings. The number of fused-ring (bicyclic) bond motifs is 1. The number of rotatable bonds is 4. The lowest BCUT2D eigenvalue weighted by Gasteiger charge is -2.32. The van der Waals surface area contributed by atoms with Crippen LogP contribution >= 0.6 is 0 Å². The summed E-state index contributed by atoms with van der Waals surface area (Å²) < 4.78 is 56.1. The molecule has 8 heteroatoms. The van der Waals surface area contributed by atoms with E-state index in [-0.39, 0.29) is 5.75 Å². The van der Waals surface area contributed by atoms with E-state index in [4.69, 9.17) is 0 Å². The number of hydrogen-bond acceptors (Lipinski definition) is 4. The quantitative estimate of drug-likeness (QED) is 0.828. The van der Waals surface area contributed by atoms with Gasteiger partial charge in [0.05, 0.1) is 4.91 Å². The second kappa shape index (κ2) is 6.78. The molecule has 0 amide bonds. The van der Waals surface area contributed by atoms with Crippen molar-refractivity contribution in [3.63, 3.8) is 0 Å². The average Bonchev–Trinajstić information content (AvgIpc) is 2.54. The van der Waals surface area contributed by atoms with Gasteiger partial charge in [-0.1, -0.05) is 6.07 Å². The van der Waals surface area contributed by atoms with Gasteiger partial charge in [-0.2, -0.15) is 13.1 Å². The molecule has 24 heavy (non-hydrogen) atoms. The third-order valence-corrected chi connectivity index (χ3v) is 6.46. The predicted molar refractivity (Wildman–Crippen MR) is 87.4 cm³/mol. The Morgan fingerprint density at radius 2 is 1.83 bits per heavy atom. The number of likely N-dealkylation sites (N-methyl/N-ethyl adjacent to an activating group) is 1. The third kappa shape index (κ3) is 3.60. The number of piperazine rings is 1. The highest BCUT2D eigenvalue weighted by Gasteiger charge is 2.30. The Labute approximate surface area is 140 Å². The molecule has 3 rings (SSSR count). The highest BCUT2D eigenvalue weighted by atomic mass is 32.2. The van der Waals surface area contributed by atoms with Crippen molar-refractivity contribution in [3.05, 3.63) is 34.2 Å². The van der Waals surface area contributed by atoms with Gasteiger partial charge in [-0.3, -0.25) is 0 Å². The van der Waals surface area contributed by atoms with Gasteiger partial charge in [0.25, 0.3) is 0 Å². The number of allylic oxidation sites excluding steroid dienone is 1. The van der Waals surface area contributed by atoms with Crippen LogP contribution < -0.4 is 4.74 Å². The van der Waals surface area contributed by atoms with E-state index in [2.05, 4.69) is 9.64 Å². The zero-order valence-electron chi connectivity index (χ0n) is 13.4. The largest absolute Gasteiger partial charge is 0.435 e. The van der Waals surface area contributed by atoms with Crippen molar-refractivity contribution in [2.75, 3.05) is 33.2 Å². The molecule has 1 heterocycles. The van der Waals surface area contributed by atoms with E-state index in [9.17, 15) is 17.2 Å². The normalized spacial score (nSPS) is 19.9. The first-order valence-corrected chi connectivity index (χ1v) is 9.27. The number of hydrogen-bond donors (Lipinski definition) is 0. The molecule has 1 aromatic carbocycles. The standard InChI is InChI=1S/C16H20F2N2O3S/c1-19-6-8-20(9-7-19)24(21,22)15-5-3-12-10-14(23-16(17)18)4-2-13(12)11-15/h2,4,10-11,16H,3,5-9H2,1H3. The lowest BCUT2D eigenvalue weighted by molar-refractivity contribution is -0.0498. The first-order valence-electron chi connectivity index (χ1n) is 7.83. The molecule has 5 nitrogen and oxygen atoms in total. The molecular formula is C16H20F2N2O3S. The maximum atomic E-state index is 12.8. The molecule has 132 valence electrons. The number of sulfonamides is 1. The molecule has 0 aromatic heterocycles. The molecular weight excluding hydrogens is 338 g/mol. The fourth-order valence-corrected chi connectivity index (χ4v) is 4.63. The minimum atomic E-state index is -3.46. The van der Waals surface area contributed by atoms with Gasteiger partial charge in [0.15, 0.2) is 0 Å². The lowest BCUT2D eigenvalue weighted by Crippen LogP contribution is -2.47. The number of alkyl halides is 2. The highest BCUT2D eigenvalue weighted by molar-refractivity contribution is 7.93. The van der Waals surface area contributed by atoms with E-state index in [0.29, 0.717) is 30.8 Å². The minimum absolute atomic E-state index is 0.0996. The van der Waals surface area contributed by atoms with E-state index in [1.165, 1.54) is 10.4 Å². The third-order valence-electron chi connectivity index (χ3n) is 4.43. The Balaban J connectivity index is 1.82. The molecule has 0 saturated carbocycles. The highest BCUT2D eigenvalue weighted by Crippen LogP contribution is 2.31. The molecule has 1 saturated heterocycles. The SMILES string of the molecule is CN1CCN(S(=O)(=O)C2=Cc3ccc(OC(F)F)cc3CC2)CC1. The van der Waals surface area contributed by atoms with Gasteiger partial charge in [-0.25, -0.2) is 8.42 Å². The van der Waals surface area contributed by atoms with Gasteiger partial charge in [-0.15, -0.1) is 0 Å². The molecule has 1 aliphatic heterocycles. The van der Waals surface area contributed by atoms with Crippen LogP contribution in [0.3, 0.4) is 0 Å². The molecule has 1 aliphatic carbocycles. The maximum absolute atomic E-state index is 12.8. The smallest absolute Gasteiger partial charge is 0.387 e. The number of aryl methyl sites for hydroxylation is 1. The van der Waals surface area contributed by atoms with Gasteiger partial charge in [0.1, 0.15) is 5.75 Å². The summed E-state index contributed by atoms with van der Waals surface area (Å²) in [6, 6.07) is 4.62. The van der Waals surface area contributed by atoms with Gasteiger partial charge in [-0.05, 0) is 49.2 Å². The number of nitrogens with zero attached hydrogens (tertiary/aromatic N) is 2. The van der Waals surface area contributed by atoms with Crippen LogP contribution in [-0.2, 0) is 16.4 Å². The minimum Gasteiger partial charge on any atom is -0.435 e. The van der Waals surface area contributed by atoms with Crippen molar-refractivity contribution >= 4 is 16.1 Å². The summed E-state index contributed by atoms with van der Waals surface area (Å²) in [5.41, 5.74) is 1.57. The van der Waals surface area contributed by atoms with Crippen LogP contribution in [-0.4, -0.2) is 57.5 Å².